The number of carbonyl (C=O) groups is 2. The average Bonchev–Trinajstić information content (AvgIpc) is 2.21. The van der Waals surface area contributed by atoms with E-state index < -0.39 is 0 Å². The molecule has 0 rings (SSSR count). The fourth-order valence-corrected chi connectivity index (χ4v) is 1.24. The third kappa shape index (κ3) is 8.38. The minimum Gasteiger partial charge on any atom is -0.394 e. The zero-order chi connectivity index (χ0) is 12.4. The van der Waals surface area contributed by atoms with E-state index in [1.54, 1.807) is 4.90 Å². The van der Waals surface area contributed by atoms with Gasteiger partial charge in [-0.1, -0.05) is 0 Å². The number of rotatable bonds is 9. The second-order valence-corrected chi connectivity index (χ2v) is 3.65. The van der Waals surface area contributed by atoms with Gasteiger partial charge < -0.3 is 14.7 Å². The summed E-state index contributed by atoms with van der Waals surface area (Å²) in [5.74, 6) is 0.0613. The normalized spacial score (nSPS) is 10.2. The van der Waals surface area contributed by atoms with Gasteiger partial charge in [0, 0.05) is 33.0 Å². The Hall–Kier alpha value is -0.940. The van der Waals surface area contributed by atoms with Crippen molar-refractivity contribution in [2.24, 2.45) is 0 Å². The Morgan fingerprint density at radius 2 is 1.88 bits per heavy atom. The molecule has 0 radical (unpaired) electrons. The van der Waals surface area contributed by atoms with Gasteiger partial charge in [-0.15, -0.1) is 0 Å². The van der Waals surface area contributed by atoms with Gasteiger partial charge in [0.05, 0.1) is 13.2 Å². The van der Waals surface area contributed by atoms with Crippen LogP contribution in [0.25, 0.3) is 0 Å². The Morgan fingerprint density at radius 3 is 2.38 bits per heavy atom. The molecule has 16 heavy (non-hydrogen) atoms. The summed E-state index contributed by atoms with van der Waals surface area (Å²) in [6.07, 6.45) is 1.12. The van der Waals surface area contributed by atoms with Gasteiger partial charge in [-0.25, -0.2) is 0 Å². The summed E-state index contributed by atoms with van der Waals surface area (Å²) in [7, 11) is 0. The Balaban J connectivity index is 3.68. The van der Waals surface area contributed by atoms with Gasteiger partial charge in [-0.05, 0) is 13.3 Å². The lowest BCUT2D eigenvalue weighted by atomic mass is 10.3. The molecule has 0 spiro atoms. The molecule has 5 heteroatoms. The highest BCUT2D eigenvalue weighted by atomic mass is 16.5. The standard InChI is InChI=1S/C11H21NO4/c1-10(14)4-6-12(11(2)15)5-3-8-16-9-7-13/h13H,3-9H2,1-2H3. The first kappa shape index (κ1) is 15.1. The van der Waals surface area contributed by atoms with Crippen LogP contribution in [0.5, 0.6) is 0 Å². The number of carbonyl (C=O) groups excluding carboxylic acids is 2. The maximum absolute atomic E-state index is 11.2. The van der Waals surface area contributed by atoms with Crippen molar-refractivity contribution in [1.82, 2.24) is 4.90 Å². The molecule has 0 atom stereocenters. The lowest BCUT2D eigenvalue weighted by Crippen LogP contribution is -2.32. The molecule has 0 heterocycles. The van der Waals surface area contributed by atoms with Crippen molar-refractivity contribution in [3.05, 3.63) is 0 Å². The number of hydrogen-bond acceptors (Lipinski definition) is 4. The second-order valence-electron chi connectivity index (χ2n) is 3.65. The van der Waals surface area contributed by atoms with E-state index >= 15 is 0 Å². The van der Waals surface area contributed by atoms with Gasteiger partial charge in [-0.3, -0.25) is 9.59 Å². The van der Waals surface area contributed by atoms with Gasteiger partial charge in [0.25, 0.3) is 0 Å². The zero-order valence-corrected chi connectivity index (χ0v) is 10.1. The summed E-state index contributed by atoms with van der Waals surface area (Å²) < 4.78 is 5.08. The number of Topliss-reactive ketones (excluding diaryl/α,β-unsaturated/α-hetero) is 1. The molecule has 0 fully saturated rings. The van der Waals surface area contributed by atoms with Crippen molar-refractivity contribution in [3.63, 3.8) is 0 Å². The lowest BCUT2D eigenvalue weighted by molar-refractivity contribution is -0.129. The molecule has 1 N–H and O–H groups in total. The van der Waals surface area contributed by atoms with Crippen LogP contribution in [0, 0.1) is 0 Å². The van der Waals surface area contributed by atoms with Crippen LogP contribution in [0.2, 0.25) is 0 Å². The smallest absolute Gasteiger partial charge is 0.219 e. The van der Waals surface area contributed by atoms with E-state index in [1.165, 1.54) is 13.8 Å². The third-order valence-electron chi connectivity index (χ3n) is 2.13. The molecular weight excluding hydrogens is 210 g/mol. The number of ketones is 1. The van der Waals surface area contributed by atoms with Crippen molar-refractivity contribution in [3.8, 4) is 0 Å². The predicted octanol–water partition coefficient (Wildman–Crippen LogP) is 0.213. The van der Waals surface area contributed by atoms with E-state index in [0.717, 1.165) is 6.42 Å². The number of nitrogens with zero attached hydrogens (tertiary/aromatic N) is 1. The van der Waals surface area contributed by atoms with E-state index in [1.807, 2.05) is 0 Å². The first-order valence-corrected chi connectivity index (χ1v) is 5.51. The van der Waals surface area contributed by atoms with Gasteiger partial charge in [-0.2, -0.15) is 0 Å². The molecular formula is C11H21NO4. The molecule has 1 amide bonds. The first-order chi connectivity index (χ1) is 7.57. The molecule has 0 aromatic carbocycles. The van der Waals surface area contributed by atoms with Crippen LogP contribution in [0.15, 0.2) is 0 Å². The summed E-state index contributed by atoms with van der Waals surface area (Å²) >= 11 is 0. The largest absolute Gasteiger partial charge is 0.394 e. The number of ether oxygens (including phenoxy) is 1. The summed E-state index contributed by atoms with van der Waals surface area (Å²) in [5, 5.41) is 8.48. The van der Waals surface area contributed by atoms with Crippen molar-refractivity contribution in [2.75, 3.05) is 32.9 Å². The highest BCUT2D eigenvalue weighted by Crippen LogP contribution is 1.96. The molecule has 0 saturated heterocycles. The fraction of sp³-hybridized carbons (Fsp3) is 0.818. The summed E-state index contributed by atoms with van der Waals surface area (Å²) in [4.78, 5) is 23.6. The monoisotopic (exact) mass is 231 g/mol. The number of aliphatic hydroxyl groups excluding tert-OH is 1. The third-order valence-corrected chi connectivity index (χ3v) is 2.13. The van der Waals surface area contributed by atoms with Crippen LogP contribution >= 0.6 is 0 Å². The molecule has 0 aromatic rings. The number of amides is 1. The number of hydrogen-bond donors (Lipinski definition) is 1. The van der Waals surface area contributed by atoms with E-state index in [4.69, 9.17) is 9.84 Å². The van der Waals surface area contributed by atoms with Crippen molar-refractivity contribution >= 4 is 11.7 Å². The molecule has 0 bridgehead atoms. The summed E-state index contributed by atoms with van der Waals surface area (Å²) in [6.45, 7) is 4.94. The van der Waals surface area contributed by atoms with Crippen LogP contribution in [0.1, 0.15) is 26.7 Å². The molecule has 0 aromatic heterocycles. The van der Waals surface area contributed by atoms with Crippen molar-refractivity contribution in [1.29, 1.82) is 0 Å². The Bertz CT molecular complexity index is 218. The maximum Gasteiger partial charge on any atom is 0.219 e. The summed E-state index contributed by atoms with van der Waals surface area (Å²) in [6, 6.07) is 0. The zero-order valence-electron chi connectivity index (χ0n) is 10.1. The molecule has 94 valence electrons. The maximum atomic E-state index is 11.2. The highest BCUT2D eigenvalue weighted by molar-refractivity contribution is 5.77. The van der Waals surface area contributed by atoms with Crippen molar-refractivity contribution < 1.29 is 19.4 Å². The lowest BCUT2D eigenvalue weighted by Gasteiger charge is -2.20. The van der Waals surface area contributed by atoms with Gasteiger partial charge in [0.15, 0.2) is 0 Å². The molecule has 0 aliphatic rings. The quantitative estimate of drug-likeness (QED) is 0.576. The van der Waals surface area contributed by atoms with Crippen LogP contribution in [0.4, 0.5) is 0 Å². The minimum atomic E-state index is -0.0246. The van der Waals surface area contributed by atoms with E-state index in [0.29, 0.717) is 32.7 Å². The Labute approximate surface area is 96.4 Å². The topological polar surface area (TPSA) is 66.8 Å². The van der Waals surface area contributed by atoms with E-state index in [9.17, 15) is 9.59 Å². The van der Waals surface area contributed by atoms with E-state index in [2.05, 4.69) is 0 Å². The van der Waals surface area contributed by atoms with Crippen molar-refractivity contribution in [2.45, 2.75) is 26.7 Å². The van der Waals surface area contributed by atoms with Gasteiger partial charge in [0.2, 0.25) is 5.91 Å². The molecule has 0 saturated carbocycles. The second kappa shape index (κ2) is 9.30. The highest BCUT2D eigenvalue weighted by Gasteiger charge is 2.08. The van der Waals surface area contributed by atoms with Crippen LogP contribution in [-0.4, -0.2) is 54.6 Å². The number of aliphatic hydroxyl groups is 1. The molecule has 0 unspecified atom stereocenters. The molecule has 5 nitrogen and oxygen atoms in total. The fourth-order valence-electron chi connectivity index (χ4n) is 1.24. The average molecular weight is 231 g/mol. The van der Waals surface area contributed by atoms with Gasteiger partial charge >= 0.3 is 0 Å². The SMILES string of the molecule is CC(=O)CCN(CCCOCCO)C(C)=O. The van der Waals surface area contributed by atoms with Crippen LogP contribution < -0.4 is 0 Å². The Morgan fingerprint density at radius 1 is 1.19 bits per heavy atom. The van der Waals surface area contributed by atoms with Crippen LogP contribution in [0.3, 0.4) is 0 Å². The molecule has 0 aliphatic heterocycles. The minimum absolute atomic E-state index is 0.0146. The first-order valence-electron chi connectivity index (χ1n) is 5.51. The summed E-state index contributed by atoms with van der Waals surface area (Å²) in [5.41, 5.74) is 0. The van der Waals surface area contributed by atoms with Gasteiger partial charge in [0.1, 0.15) is 5.78 Å². The molecule has 0 aliphatic carbocycles. The Kier molecular flexibility index (Phi) is 8.75. The van der Waals surface area contributed by atoms with Crippen LogP contribution in [-0.2, 0) is 14.3 Å². The van der Waals surface area contributed by atoms with E-state index in [-0.39, 0.29) is 18.3 Å². The predicted molar refractivity (Wildman–Crippen MR) is 60.1 cm³/mol.